The summed E-state index contributed by atoms with van der Waals surface area (Å²) in [5, 5.41) is 19.6. The van der Waals surface area contributed by atoms with Crippen molar-refractivity contribution in [3.63, 3.8) is 0 Å². The molecule has 5 aromatic rings. The van der Waals surface area contributed by atoms with Crippen LogP contribution in [-0.2, 0) is 0 Å². The lowest BCUT2D eigenvalue weighted by atomic mass is 10.0. The molecule has 3 heterocycles. The molecule has 0 spiro atoms. The second kappa shape index (κ2) is 5.89. The van der Waals surface area contributed by atoms with Gasteiger partial charge in [-0.1, -0.05) is 36.4 Å². The van der Waals surface area contributed by atoms with Gasteiger partial charge in [0.2, 0.25) is 0 Å². The molecule has 7 heteroatoms. The van der Waals surface area contributed by atoms with Gasteiger partial charge in [-0.15, -0.1) is 20.4 Å². The molecule has 0 atom stereocenters. The summed E-state index contributed by atoms with van der Waals surface area (Å²) in [6.45, 7) is 0. The molecule has 0 N–H and O–H groups in total. The maximum Gasteiger partial charge on any atom is 0.163 e. The highest BCUT2D eigenvalue weighted by molar-refractivity contribution is 6.03. The molecule has 26 heavy (non-hydrogen) atoms. The predicted octanol–water partition coefficient (Wildman–Crippen LogP) is 2.89. The summed E-state index contributed by atoms with van der Waals surface area (Å²) < 4.78 is 0. The van der Waals surface area contributed by atoms with Gasteiger partial charge >= 0.3 is 0 Å². The van der Waals surface area contributed by atoms with Gasteiger partial charge in [-0.05, 0) is 12.1 Å². The highest BCUT2D eigenvalue weighted by atomic mass is 15.1. The molecule has 0 aliphatic carbocycles. The number of nitrogens with zero attached hydrogens (tertiary/aromatic N) is 7. The summed E-state index contributed by atoms with van der Waals surface area (Å²) in [5.74, 6) is 0.557. The number of aromatic nitrogens is 7. The fraction of sp³-hybridized carbons (Fsp3) is 0. The van der Waals surface area contributed by atoms with Crippen LogP contribution in [0.25, 0.3) is 44.5 Å². The second-order valence-corrected chi connectivity index (χ2v) is 5.64. The Labute approximate surface area is 147 Å². The molecule has 2 aromatic carbocycles. The van der Waals surface area contributed by atoms with Crippen molar-refractivity contribution >= 4 is 21.7 Å². The van der Waals surface area contributed by atoms with Crippen molar-refractivity contribution in [1.29, 1.82) is 0 Å². The van der Waals surface area contributed by atoms with E-state index in [0.29, 0.717) is 17.2 Å². The average molecular weight is 336 g/mol. The van der Waals surface area contributed by atoms with E-state index in [2.05, 4.69) is 41.5 Å². The van der Waals surface area contributed by atoms with E-state index in [-0.39, 0.29) is 0 Å². The molecule has 0 saturated carbocycles. The Morgan fingerprint density at radius 1 is 0.808 bits per heavy atom. The Bertz CT molecular complexity index is 1230. The third-order valence-corrected chi connectivity index (χ3v) is 4.09. The minimum atomic E-state index is 0.557. The fourth-order valence-electron chi connectivity index (χ4n) is 2.92. The van der Waals surface area contributed by atoms with Crippen LogP contribution in [0.15, 0.2) is 61.2 Å². The lowest BCUT2D eigenvalue weighted by Gasteiger charge is -2.08. The van der Waals surface area contributed by atoms with Crippen molar-refractivity contribution in [3.05, 3.63) is 67.4 Å². The molecule has 5 rings (SSSR count). The predicted molar refractivity (Wildman–Crippen MR) is 95.7 cm³/mol. The van der Waals surface area contributed by atoms with Gasteiger partial charge in [0.1, 0.15) is 30.2 Å². The van der Waals surface area contributed by atoms with Gasteiger partial charge in [0.15, 0.2) is 5.82 Å². The van der Waals surface area contributed by atoms with Crippen molar-refractivity contribution < 1.29 is 0 Å². The van der Waals surface area contributed by atoms with E-state index in [1.54, 1.807) is 0 Å². The third-order valence-electron chi connectivity index (χ3n) is 4.09. The highest BCUT2D eigenvalue weighted by Crippen LogP contribution is 2.32. The Balaban J connectivity index is 1.82. The first-order valence-electron chi connectivity index (χ1n) is 7.92. The number of hydrogen-bond donors (Lipinski definition) is 0. The third kappa shape index (κ3) is 2.34. The van der Waals surface area contributed by atoms with Gasteiger partial charge in [-0.2, -0.15) is 0 Å². The van der Waals surface area contributed by atoms with Gasteiger partial charge in [0.05, 0.1) is 5.52 Å². The van der Waals surface area contributed by atoms with Crippen LogP contribution in [0.3, 0.4) is 0 Å². The molecule has 0 aliphatic heterocycles. The Kier molecular flexibility index (Phi) is 3.28. The Hall–Kier alpha value is -3.87. The van der Waals surface area contributed by atoms with Crippen molar-refractivity contribution in [2.45, 2.75) is 0 Å². The first-order chi connectivity index (χ1) is 12.9. The lowest BCUT2D eigenvalue weighted by molar-refractivity contribution is 1.01. The number of hydrogen-bond acceptors (Lipinski definition) is 7. The normalized spacial score (nSPS) is 11.1. The van der Waals surface area contributed by atoms with Crippen molar-refractivity contribution in [3.8, 4) is 22.8 Å². The molecule has 3 aromatic heterocycles. The molecular formula is C19H10N7. The zero-order valence-corrected chi connectivity index (χ0v) is 13.4. The van der Waals surface area contributed by atoms with Gasteiger partial charge in [0, 0.05) is 21.7 Å². The van der Waals surface area contributed by atoms with Crippen LogP contribution in [0.2, 0.25) is 0 Å². The highest BCUT2D eigenvalue weighted by Gasteiger charge is 2.15. The molecule has 0 amide bonds. The van der Waals surface area contributed by atoms with Crippen LogP contribution in [0, 0.1) is 6.20 Å². The lowest BCUT2D eigenvalue weighted by Crippen LogP contribution is -1.98. The van der Waals surface area contributed by atoms with Gasteiger partial charge in [0.25, 0.3) is 0 Å². The standard InChI is InChI=1S/C19H10N7/c1-2-7-15-12(4-1)8-16(25-24-15)18-17-13(9-23-26-18)5-3-6-14(17)19-21-10-20-11-22-19/h1-8,10-11H. The van der Waals surface area contributed by atoms with Crippen LogP contribution >= 0.6 is 0 Å². The molecule has 7 nitrogen and oxygen atoms in total. The Morgan fingerprint density at radius 2 is 1.69 bits per heavy atom. The van der Waals surface area contributed by atoms with E-state index in [1.807, 2.05) is 48.5 Å². The molecule has 0 fully saturated rings. The van der Waals surface area contributed by atoms with Crippen molar-refractivity contribution in [1.82, 2.24) is 35.3 Å². The summed E-state index contributed by atoms with van der Waals surface area (Å²) in [7, 11) is 0. The van der Waals surface area contributed by atoms with Crippen LogP contribution in [0.5, 0.6) is 0 Å². The van der Waals surface area contributed by atoms with Gasteiger partial charge in [-0.3, -0.25) is 0 Å². The van der Waals surface area contributed by atoms with Gasteiger partial charge < -0.3 is 0 Å². The molecule has 0 saturated heterocycles. The minimum Gasteiger partial charge on any atom is -0.225 e. The molecule has 121 valence electrons. The van der Waals surface area contributed by atoms with Gasteiger partial charge in [-0.25, -0.2) is 15.0 Å². The number of rotatable bonds is 2. The van der Waals surface area contributed by atoms with E-state index in [4.69, 9.17) is 0 Å². The monoisotopic (exact) mass is 336 g/mol. The summed E-state index contributed by atoms with van der Waals surface area (Å²) in [6.07, 6.45) is 5.86. The smallest absolute Gasteiger partial charge is 0.163 e. The minimum absolute atomic E-state index is 0.557. The van der Waals surface area contributed by atoms with E-state index in [1.165, 1.54) is 12.7 Å². The summed E-state index contributed by atoms with van der Waals surface area (Å²) in [5.41, 5.74) is 2.90. The van der Waals surface area contributed by atoms with Crippen molar-refractivity contribution in [2.24, 2.45) is 0 Å². The topological polar surface area (TPSA) is 90.2 Å². The van der Waals surface area contributed by atoms with Crippen LogP contribution in [0.4, 0.5) is 0 Å². The number of fused-ring (bicyclic) bond motifs is 2. The van der Waals surface area contributed by atoms with E-state index < -0.39 is 0 Å². The van der Waals surface area contributed by atoms with Crippen LogP contribution in [0.1, 0.15) is 0 Å². The SMILES string of the molecule is [c]1nnc(-c2cc3ccccc3nn2)c2c(-c3ncncn3)cccc12. The van der Waals surface area contributed by atoms with E-state index in [0.717, 1.165) is 27.2 Å². The molecule has 0 unspecified atom stereocenters. The summed E-state index contributed by atoms with van der Waals surface area (Å²) in [6, 6.07) is 15.5. The first kappa shape index (κ1) is 14.5. The Morgan fingerprint density at radius 3 is 2.62 bits per heavy atom. The van der Waals surface area contributed by atoms with E-state index >= 15 is 0 Å². The molecule has 0 aliphatic rings. The summed E-state index contributed by atoms with van der Waals surface area (Å²) >= 11 is 0. The summed E-state index contributed by atoms with van der Waals surface area (Å²) in [4.78, 5) is 12.4. The fourth-order valence-corrected chi connectivity index (χ4v) is 2.92. The molecule has 0 bridgehead atoms. The zero-order valence-electron chi connectivity index (χ0n) is 13.4. The second-order valence-electron chi connectivity index (χ2n) is 5.64. The molecule has 1 radical (unpaired) electrons. The maximum absolute atomic E-state index is 4.34. The average Bonchev–Trinajstić information content (AvgIpc) is 2.73. The quantitative estimate of drug-likeness (QED) is 0.489. The largest absolute Gasteiger partial charge is 0.225 e. The van der Waals surface area contributed by atoms with E-state index in [9.17, 15) is 0 Å². The molecular weight excluding hydrogens is 326 g/mol. The zero-order chi connectivity index (χ0) is 17.3. The van der Waals surface area contributed by atoms with Crippen molar-refractivity contribution in [2.75, 3.05) is 0 Å². The first-order valence-corrected chi connectivity index (χ1v) is 7.92. The maximum atomic E-state index is 4.34. The van der Waals surface area contributed by atoms with Crippen LogP contribution in [-0.4, -0.2) is 35.3 Å². The van der Waals surface area contributed by atoms with Crippen LogP contribution < -0.4 is 0 Å². The number of benzene rings is 2.